The van der Waals surface area contributed by atoms with Crippen LogP contribution in [0.15, 0.2) is 24.3 Å². The number of hydrogen-bond acceptors (Lipinski definition) is 5. The van der Waals surface area contributed by atoms with Gasteiger partial charge in [-0.05, 0) is 30.0 Å². The van der Waals surface area contributed by atoms with E-state index < -0.39 is 11.9 Å². The van der Waals surface area contributed by atoms with Crippen LogP contribution in [0, 0.1) is 5.92 Å². The number of nitrogens with one attached hydrogen (secondary N) is 1. The van der Waals surface area contributed by atoms with Crippen molar-refractivity contribution in [2.45, 2.75) is 19.8 Å². The Morgan fingerprint density at radius 1 is 1.11 bits per heavy atom. The average Bonchev–Trinajstić information content (AvgIpc) is 2.27. The third kappa shape index (κ3) is 5.20. The fourth-order valence-corrected chi connectivity index (χ4v) is 1.57. The lowest BCUT2D eigenvalue weighted by atomic mass is 10.0. The van der Waals surface area contributed by atoms with Gasteiger partial charge in [-0.3, -0.25) is 4.79 Å². The smallest absolute Gasteiger partial charge is 0.224 e. The SMILES string of the molecule is CC(CC(=O)[O-])CC(=O)Nc1ccc(C(=O)[O-])cc1. The van der Waals surface area contributed by atoms with Crippen LogP contribution >= 0.6 is 0 Å². The summed E-state index contributed by atoms with van der Waals surface area (Å²) in [7, 11) is 0. The summed E-state index contributed by atoms with van der Waals surface area (Å²) >= 11 is 0. The molecule has 1 atom stereocenters. The molecule has 6 heteroatoms. The lowest BCUT2D eigenvalue weighted by molar-refractivity contribution is -0.306. The first-order valence-electron chi connectivity index (χ1n) is 5.69. The van der Waals surface area contributed by atoms with Crippen LogP contribution < -0.4 is 15.5 Å². The van der Waals surface area contributed by atoms with Gasteiger partial charge in [-0.15, -0.1) is 0 Å². The van der Waals surface area contributed by atoms with E-state index in [1.165, 1.54) is 24.3 Å². The molecule has 0 heterocycles. The van der Waals surface area contributed by atoms with Gasteiger partial charge in [0.1, 0.15) is 0 Å². The van der Waals surface area contributed by atoms with E-state index in [-0.39, 0.29) is 30.2 Å². The molecule has 1 aromatic rings. The van der Waals surface area contributed by atoms with Gasteiger partial charge in [0, 0.05) is 18.1 Å². The van der Waals surface area contributed by atoms with Crippen molar-refractivity contribution in [3.8, 4) is 0 Å². The predicted octanol–water partition coefficient (Wildman–Crippen LogP) is -0.845. The van der Waals surface area contributed by atoms with Gasteiger partial charge in [-0.25, -0.2) is 0 Å². The quantitative estimate of drug-likeness (QED) is 0.719. The number of carbonyl (C=O) groups excluding carboxylic acids is 3. The molecule has 102 valence electrons. The van der Waals surface area contributed by atoms with Gasteiger partial charge < -0.3 is 25.1 Å². The highest BCUT2D eigenvalue weighted by atomic mass is 16.4. The Labute approximate surface area is 110 Å². The van der Waals surface area contributed by atoms with E-state index in [9.17, 15) is 24.6 Å². The zero-order chi connectivity index (χ0) is 14.4. The summed E-state index contributed by atoms with van der Waals surface area (Å²) in [6, 6.07) is 5.50. The number of carboxylic acid groups (broad SMARTS) is 2. The molecule has 0 radical (unpaired) electrons. The Morgan fingerprint density at radius 2 is 1.68 bits per heavy atom. The summed E-state index contributed by atoms with van der Waals surface area (Å²) in [4.78, 5) is 32.4. The number of rotatable bonds is 6. The highest BCUT2D eigenvalue weighted by Gasteiger charge is 2.09. The number of benzene rings is 1. The van der Waals surface area contributed by atoms with E-state index in [0.717, 1.165) is 0 Å². The normalized spacial score (nSPS) is 11.6. The number of carbonyl (C=O) groups is 3. The molecule has 0 spiro atoms. The van der Waals surface area contributed by atoms with Crippen LogP contribution in [0.4, 0.5) is 5.69 Å². The van der Waals surface area contributed by atoms with Crippen LogP contribution in [0.5, 0.6) is 0 Å². The standard InChI is InChI=1S/C13H15NO5/c1-8(7-12(16)17)6-11(15)14-10-4-2-9(3-5-10)13(18)19/h2-5,8H,6-7H2,1H3,(H,14,15)(H,16,17)(H,18,19)/p-2. The molecule has 0 bridgehead atoms. The van der Waals surface area contributed by atoms with E-state index in [0.29, 0.717) is 5.69 Å². The van der Waals surface area contributed by atoms with Crippen molar-refractivity contribution in [1.29, 1.82) is 0 Å². The van der Waals surface area contributed by atoms with Gasteiger partial charge in [-0.1, -0.05) is 19.1 Å². The Bertz CT molecular complexity index is 480. The Balaban J connectivity index is 2.52. The van der Waals surface area contributed by atoms with Crippen molar-refractivity contribution in [2.75, 3.05) is 5.32 Å². The van der Waals surface area contributed by atoms with Crippen LogP contribution in [0.25, 0.3) is 0 Å². The highest BCUT2D eigenvalue weighted by molar-refractivity contribution is 5.92. The first kappa shape index (κ1) is 14.7. The van der Waals surface area contributed by atoms with Crippen molar-refractivity contribution in [2.24, 2.45) is 5.92 Å². The van der Waals surface area contributed by atoms with Crippen LogP contribution in [0.1, 0.15) is 30.1 Å². The van der Waals surface area contributed by atoms with Crippen molar-refractivity contribution < 1.29 is 24.6 Å². The zero-order valence-corrected chi connectivity index (χ0v) is 10.3. The second-order valence-corrected chi connectivity index (χ2v) is 4.30. The van der Waals surface area contributed by atoms with E-state index in [1.54, 1.807) is 6.92 Å². The van der Waals surface area contributed by atoms with E-state index >= 15 is 0 Å². The monoisotopic (exact) mass is 263 g/mol. The van der Waals surface area contributed by atoms with Crippen molar-refractivity contribution in [1.82, 2.24) is 0 Å². The van der Waals surface area contributed by atoms with Crippen LogP contribution in [0.3, 0.4) is 0 Å². The van der Waals surface area contributed by atoms with Gasteiger partial charge in [0.05, 0.1) is 5.97 Å². The second-order valence-electron chi connectivity index (χ2n) is 4.30. The molecule has 6 nitrogen and oxygen atoms in total. The van der Waals surface area contributed by atoms with Crippen molar-refractivity contribution in [3.05, 3.63) is 29.8 Å². The summed E-state index contributed by atoms with van der Waals surface area (Å²) in [5.41, 5.74) is 0.457. The molecule has 0 aliphatic heterocycles. The number of aliphatic carboxylic acids is 1. The summed E-state index contributed by atoms with van der Waals surface area (Å²) in [6.45, 7) is 1.63. The number of anilines is 1. The molecule has 0 aliphatic carbocycles. The van der Waals surface area contributed by atoms with Crippen LogP contribution in [-0.4, -0.2) is 17.8 Å². The lowest BCUT2D eigenvalue weighted by Gasteiger charge is -2.12. The molecular formula is C13H13NO5-2. The third-order valence-corrected chi connectivity index (χ3v) is 2.45. The number of amides is 1. The molecule has 1 unspecified atom stereocenters. The maximum Gasteiger partial charge on any atom is 0.224 e. The minimum Gasteiger partial charge on any atom is -0.550 e. The highest BCUT2D eigenvalue weighted by Crippen LogP contribution is 2.12. The van der Waals surface area contributed by atoms with Crippen LogP contribution in [-0.2, 0) is 9.59 Å². The number of aromatic carboxylic acids is 1. The first-order valence-corrected chi connectivity index (χ1v) is 5.69. The fraction of sp³-hybridized carbons (Fsp3) is 0.308. The number of hydrogen-bond donors (Lipinski definition) is 1. The first-order chi connectivity index (χ1) is 8.88. The molecule has 19 heavy (non-hydrogen) atoms. The molecule has 0 aromatic heterocycles. The summed E-state index contributed by atoms with van der Waals surface area (Å²) < 4.78 is 0. The molecule has 1 aromatic carbocycles. The molecule has 0 aliphatic rings. The van der Waals surface area contributed by atoms with E-state index in [1.807, 2.05) is 0 Å². The minimum absolute atomic E-state index is 0.0170. The summed E-state index contributed by atoms with van der Waals surface area (Å²) in [5.74, 6) is -3.15. The molecule has 1 N–H and O–H groups in total. The third-order valence-electron chi connectivity index (χ3n) is 2.45. The molecule has 0 saturated heterocycles. The Kier molecular flexibility index (Phi) is 5.05. The number of carboxylic acids is 2. The summed E-state index contributed by atoms with van der Waals surface area (Å²) in [5, 5.41) is 23.4. The Morgan fingerprint density at radius 3 is 2.16 bits per heavy atom. The lowest BCUT2D eigenvalue weighted by Crippen LogP contribution is -2.26. The van der Waals surface area contributed by atoms with Crippen molar-refractivity contribution >= 4 is 23.5 Å². The van der Waals surface area contributed by atoms with Gasteiger partial charge in [0.15, 0.2) is 0 Å². The van der Waals surface area contributed by atoms with E-state index in [2.05, 4.69) is 5.32 Å². The van der Waals surface area contributed by atoms with Gasteiger partial charge in [0.25, 0.3) is 0 Å². The fourth-order valence-electron chi connectivity index (χ4n) is 1.57. The van der Waals surface area contributed by atoms with Gasteiger partial charge in [0.2, 0.25) is 5.91 Å². The summed E-state index contributed by atoms with van der Waals surface area (Å²) in [6.07, 6.45) is -0.132. The Hall–Kier alpha value is -2.37. The molecular weight excluding hydrogens is 250 g/mol. The molecule has 1 amide bonds. The minimum atomic E-state index is -1.29. The molecule has 0 fully saturated rings. The maximum atomic E-state index is 11.6. The second kappa shape index (κ2) is 6.53. The molecule has 1 rings (SSSR count). The van der Waals surface area contributed by atoms with E-state index in [4.69, 9.17) is 0 Å². The predicted molar refractivity (Wildman–Crippen MR) is 62.8 cm³/mol. The molecule has 0 saturated carbocycles. The van der Waals surface area contributed by atoms with Gasteiger partial charge >= 0.3 is 0 Å². The maximum absolute atomic E-state index is 11.6. The van der Waals surface area contributed by atoms with Crippen molar-refractivity contribution in [3.63, 3.8) is 0 Å². The van der Waals surface area contributed by atoms with Gasteiger partial charge in [-0.2, -0.15) is 0 Å². The van der Waals surface area contributed by atoms with Crippen LogP contribution in [0.2, 0.25) is 0 Å². The zero-order valence-electron chi connectivity index (χ0n) is 10.3. The topological polar surface area (TPSA) is 109 Å². The largest absolute Gasteiger partial charge is 0.550 e. The average molecular weight is 263 g/mol.